The minimum absolute atomic E-state index is 0. The maximum absolute atomic E-state index is 11.0. The average Bonchev–Trinajstić information content (AvgIpc) is 2.03. The largest absolute Gasteiger partial charge is 0.295 e. The van der Waals surface area contributed by atoms with Crippen molar-refractivity contribution in [3.8, 4) is 0 Å². The van der Waals surface area contributed by atoms with Crippen molar-refractivity contribution >= 4 is 15.6 Å². The first kappa shape index (κ1) is 9.92. The first-order valence-electron chi connectivity index (χ1n) is 3.72. The number of hydrogen-bond acceptors (Lipinski definition) is 3. The molecule has 3 nitrogen and oxygen atoms in total. The smallest absolute Gasteiger partial charge is 0.175 e. The number of ketones is 1. The first-order valence-corrected chi connectivity index (χ1v) is 5.61. The molecule has 0 saturated heterocycles. The number of rotatable bonds is 2. The molecule has 0 saturated carbocycles. The SMILES string of the molecule is CC(=O)c1ccc(S(C)(=O)=O)cc1.[2H]. The standard InChI is InChI=1S/C9H10O3S.H/c1-7(10)8-3-5-9(6-4-8)13(2,11)12;/h3-6H,1-2H3;/i;1+1. The summed E-state index contributed by atoms with van der Waals surface area (Å²) in [7, 11) is -3.16. The van der Waals surface area contributed by atoms with E-state index in [1.165, 1.54) is 31.2 Å². The van der Waals surface area contributed by atoms with E-state index in [1.54, 1.807) is 0 Å². The number of carbonyl (C=O) groups excluding carboxylic acids is 1. The van der Waals surface area contributed by atoms with Gasteiger partial charge in [0.05, 0.1) is 4.90 Å². The molecule has 0 aliphatic heterocycles. The molecule has 71 valence electrons. The van der Waals surface area contributed by atoms with Gasteiger partial charge < -0.3 is 0 Å². The predicted molar refractivity (Wildman–Crippen MR) is 50.7 cm³/mol. The molecule has 1 aromatic carbocycles. The van der Waals surface area contributed by atoms with Gasteiger partial charge in [0.25, 0.3) is 0 Å². The van der Waals surface area contributed by atoms with Crippen LogP contribution in [0.3, 0.4) is 0 Å². The van der Waals surface area contributed by atoms with Crippen LogP contribution >= 0.6 is 0 Å². The fourth-order valence-electron chi connectivity index (χ4n) is 0.937. The fourth-order valence-corrected chi connectivity index (χ4v) is 1.57. The second kappa shape index (κ2) is 3.30. The van der Waals surface area contributed by atoms with Gasteiger partial charge in [0, 0.05) is 13.2 Å². The summed E-state index contributed by atoms with van der Waals surface area (Å²) in [5.74, 6) is -0.0694. The minimum Gasteiger partial charge on any atom is -0.295 e. The lowest BCUT2D eigenvalue weighted by atomic mass is 10.2. The molecule has 0 N–H and O–H groups in total. The molecule has 13 heavy (non-hydrogen) atoms. The Kier molecular flexibility index (Phi) is 2.52. The van der Waals surface area contributed by atoms with E-state index in [9.17, 15) is 13.2 Å². The first-order chi connectivity index (χ1) is 5.91. The van der Waals surface area contributed by atoms with Gasteiger partial charge in [-0.05, 0) is 19.1 Å². The maximum Gasteiger partial charge on any atom is 0.175 e. The third-order valence-corrected chi connectivity index (χ3v) is 2.82. The number of benzene rings is 1. The van der Waals surface area contributed by atoms with Crippen molar-refractivity contribution in [1.29, 1.82) is 0 Å². The van der Waals surface area contributed by atoms with Crippen molar-refractivity contribution in [2.45, 2.75) is 11.8 Å². The summed E-state index contributed by atoms with van der Waals surface area (Å²) >= 11 is 0. The summed E-state index contributed by atoms with van der Waals surface area (Å²) in [4.78, 5) is 11.1. The third kappa shape index (κ3) is 2.39. The lowest BCUT2D eigenvalue weighted by Crippen LogP contribution is -1.98. The van der Waals surface area contributed by atoms with E-state index in [2.05, 4.69) is 0 Å². The lowest BCUT2D eigenvalue weighted by molar-refractivity contribution is 0.101. The monoisotopic (exact) mass is 200 g/mol. The molecule has 0 aromatic heterocycles. The molecular formula is C9H11O3S. The van der Waals surface area contributed by atoms with E-state index in [-0.39, 0.29) is 12.1 Å². The van der Waals surface area contributed by atoms with E-state index < -0.39 is 9.84 Å². The topological polar surface area (TPSA) is 51.2 Å². The molecule has 0 amide bonds. The van der Waals surface area contributed by atoms with Gasteiger partial charge in [0.15, 0.2) is 15.6 Å². The van der Waals surface area contributed by atoms with E-state index in [0.29, 0.717) is 5.56 Å². The lowest BCUT2D eigenvalue weighted by Gasteiger charge is -1.98. The van der Waals surface area contributed by atoms with Crippen LogP contribution < -0.4 is 0 Å². The molecule has 0 spiro atoms. The molecule has 0 aliphatic carbocycles. The Balaban J connectivity index is 0.00000169. The van der Waals surface area contributed by atoms with Gasteiger partial charge >= 0.3 is 0 Å². The molecule has 1 radical (unpaired) electrons. The van der Waals surface area contributed by atoms with Crippen molar-refractivity contribution in [2.24, 2.45) is 0 Å². The third-order valence-electron chi connectivity index (χ3n) is 1.69. The van der Waals surface area contributed by atoms with Gasteiger partial charge in [-0.25, -0.2) is 8.42 Å². The van der Waals surface area contributed by atoms with E-state index in [4.69, 9.17) is 0 Å². The van der Waals surface area contributed by atoms with Gasteiger partial charge in [-0.3, -0.25) is 4.79 Å². The Morgan fingerprint density at radius 1 is 1.23 bits per heavy atom. The van der Waals surface area contributed by atoms with Crippen molar-refractivity contribution in [2.75, 3.05) is 6.26 Å². The zero-order valence-corrected chi connectivity index (χ0v) is 8.26. The predicted octanol–water partition coefficient (Wildman–Crippen LogP) is 1.41. The molecule has 0 atom stereocenters. The Bertz CT molecular complexity index is 420. The van der Waals surface area contributed by atoms with Crippen LogP contribution in [0.1, 0.15) is 18.7 Å². The molecule has 1 aromatic rings. The van der Waals surface area contributed by atoms with Gasteiger partial charge in [-0.2, -0.15) is 0 Å². The van der Waals surface area contributed by atoms with Gasteiger partial charge in [-0.1, -0.05) is 12.1 Å². The molecule has 1 rings (SSSR count). The molecule has 0 fully saturated rings. The fraction of sp³-hybridized carbons (Fsp3) is 0.222. The summed E-state index contributed by atoms with van der Waals surface area (Å²) in [6.07, 6.45) is 1.13. The summed E-state index contributed by atoms with van der Waals surface area (Å²) in [5, 5.41) is 0. The second-order valence-corrected chi connectivity index (χ2v) is 4.87. The average molecular weight is 200 g/mol. The summed E-state index contributed by atoms with van der Waals surface area (Å²) in [6.45, 7) is 1.44. The Morgan fingerprint density at radius 3 is 2.00 bits per heavy atom. The molecule has 0 aliphatic rings. The minimum atomic E-state index is -3.16. The van der Waals surface area contributed by atoms with Crippen LogP contribution in [0.4, 0.5) is 0 Å². The van der Waals surface area contributed by atoms with Crippen molar-refractivity contribution in [3.05, 3.63) is 29.8 Å². The van der Waals surface area contributed by atoms with Crippen molar-refractivity contribution in [1.82, 2.24) is 0 Å². The highest BCUT2D eigenvalue weighted by Gasteiger charge is 2.06. The summed E-state index contributed by atoms with van der Waals surface area (Å²) in [5.41, 5.74) is 0.521. The number of sulfone groups is 1. The Labute approximate surface area is 78.8 Å². The number of hydrogen-bond donors (Lipinski definition) is 0. The van der Waals surface area contributed by atoms with Crippen LogP contribution in [0.15, 0.2) is 29.2 Å². The van der Waals surface area contributed by atoms with Crippen LogP contribution in [-0.4, -0.2) is 20.5 Å². The zero-order valence-electron chi connectivity index (χ0n) is 8.44. The Hall–Kier alpha value is -1.16. The van der Waals surface area contributed by atoms with Crippen molar-refractivity contribution in [3.63, 3.8) is 0 Å². The molecular weight excluding hydrogens is 188 g/mol. The molecule has 0 unspecified atom stereocenters. The molecule has 0 bridgehead atoms. The number of Topliss-reactive ketones (excluding diaryl/α,β-unsaturated/α-hetero) is 1. The Morgan fingerprint density at radius 2 is 1.69 bits per heavy atom. The van der Waals surface area contributed by atoms with Gasteiger partial charge in [-0.15, -0.1) is 0 Å². The van der Waals surface area contributed by atoms with E-state index in [0.717, 1.165) is 6.26 Å². The van der Waals surface area contributed by atoms with Crippen molar-refractivity contribution < 1.29 is 14.6 Å². The zero-order chi connectivity index (χ0) is 10.1. The summed E-state index contributed by atoms with van der Waals surface area (Å²) in [6, 6.07) is 5.90. The van der Waals surface area contributed by atoms with E-state index in [1.807, 2.05) is 0 Å². The van der Waals surface area contributed by atoms with Gasteiger partial charge in [0.1, 0.15) is 0 Å². The van der Waals surface area contributed by atoms with Crippen LogP contribution in [0, 0.1) is 0 Å². The quantitative estimate of drug-likeness (QED) is 0.678. The van der Waals surface area contributed by atoms with Crippen LogP contribution in [-0.2, 0) is 9.84 Å². The normalized spacial score (nSPS) is 11.2. The van der Waals surface area contributed by atoms with Crippen LogP contribution in [0.25, 0.3) is 0 Å². The van der Waals surface area contributed by atoms with Crippen LogP contribution in [0.5, 0.6) is 0 Å². The number of carbonyl (C=O) groups is 1. The molecule has 0 heterocycles. The highest BCUT2D eigenvalue weighted by molar-refractivity contribution is 7.90. The highest BCUT2D eigenvalue weighted by Crippen LogP contribution is 2.10. The highest BCUT2D eigenvalue weighted by atomic mass is 32.2. The van der Waals surface area contributed by atoms with E-state index >= 15 is 0 Å². The molecule has 4 heteroatoms. The maximum atomic E-state index is 11.0. The summed E-state index contributed by atoms with van der Waals surface area (Å²) < 4.78 is 22.1. The van der Waals surface area contributed by atoms with Crippen LogP contribution in [0.2, 0.25) is 0 Å². The second-order valence-electron chi connectivity index (χ2n) is 2.85. The van der Waals surface area contributed by atoms with Gasteiger partial charge in [0.2, 0.25) is 0 Å².